The fourth-order valence-corrected chi connectivity index (χ4v) is 2.10. The van der Waals surface area contributed by atoms with Crippen LogP contribution in [0.25, 0.3) is 0 Å². The van der Waals surface area contributed by atoms with Crippen LogP contribution < -0.4 is 10.1 Å². The Morgan fingerprint density at radius 1 is 1.12 bits per heavy atom. The highest BCUT2D eigenvalue weighted by atomic mass is 19.3. The smallest absolute Gasteiger partial charge is 0.387 e. The third kappa shape index (κ3) is 5.51. The minimum Gasteiger partial charge on any atom is -0.435 e. The Labute approximate surface area is 138 Å². The molecule has 0 unspecified atom stereocenters. The molecule has 0 aliphatic heterocycles. The maximum atomic E-state index is 12.3. The molecule has 5 nitrogen and oxygen atoms in total. The number of aliphatic hydroxyl groups is 1. The van der Waals surface area contributed by atoms with E-state index in [0.29, 0.717) is 12.2 Å². The minimum absolute atomic E-state index is 0.0134. The molecule has 0 saturated carbocycles. The molecule has 0 saturated heterocycles. The molecule has 128 valence electrons. The highest BCUT2D eigenvalue weighted by Gasteiger charge is 2.14. The average Bonchev–Trinajstić information content (AvgIpc) is 2.57. The van der Waals surface area contributed by atoms with Crippen LogP contribution in [-0.2, 0) is 6.54 Å². The summed E-state index contributed by atoms with van der Waals surface area (Å²) in [6, 6.07) is 14.6. The van der Waals surface area contributed by atoms with Gasteiger partial charge in [-0.3, -0.25) is 0 Å². The van der Waals surface area contributed by atoms with Gasteiger partial charge >= 0.3 is 12.6 Å². The number of rotatable bonds is 7. The van der Waals surface area contributed by atoms with Crippen LogP contribution in [0.3, 0.4) is 0 Å². The standard InChI is InChI=1S/C17H18F2N2O3/c18-16(19)24-15-8-6-14(7-9-15)20-17(23)21(10-11-22)12-13-4-2-1-3-5-13/h1-9,16,22H,10-12H2,(H,20,23). The van der Waals surface area contributed by atoms with Crippen LogP contribution in [0.2, 0.25) is 0 Å². The number of aliphatic hydroxyl groups excluding tert-OH is 1. The van der Waals surface area contributed by atoms with Gasteiger partial charge in [0.25, 0.3) is 0 Å². The van der Waals surface area contributed by atoms with Gasteiger partial charge in [0.1, 0.15) is 5.75 Å². The van der Waals surface area contributed by atoms with Gasteiger partial charge in [-0.1, -0.05) is 30.3 Å². The molecule has 0 aliphatic carbocycles. The number of urea groups is 1. The lowest BCUT2D eigenvalue weighted by Gasteiger charge is -2.22. The summed E-state index contributed by atoms with van der Waals surface area (Å²) in [6.45, 7) is -2.54. The number of halogens is 2. The summed E-state index contributed by atoms with van der Waals surface area (Å²) in [6.07, 6.45) is 0. The van der Waals surface area contributed by atoms with Crippen LogP contribution in [-0.4, -0.2) is 35.8 Å². The summed E-state index contributed by atoms with van der Waals surface area (Å²) in [5, 5.41) is 11.8. The number of carbonyl (C=O) groups is 1. The number of anilines is 1. The Morgan fingerprint density at radius 3 is 2.38 bits per heavy atom. The molecule has 0 radical (unpaired) electrons. The van der Waals surface area contributed by atoms with E-state index in [1.54, 1.807) is 0 Å². The van der Waals surface area contributed by atoms with Crippen LogP contribution in [0, 0.1) is 0 Å². The molecule has 2 N–H and O–H groups in total. The first-order chi connectivity index (χ1) is 11.6. The van der Waals surface area contributed by atoms with E-state index < -0.39 is 12.6 Å². The zero-order valence-electron chi connectivity index (χ0n) is 12.9. The number of carbonyl (C=O) groups excluding carboxylic acids is 1. The van der Waals surface area contributed by atoms with Gasteiger partial charge in [-0.15, -0.1) is 0 Å². The summed E-state index contributed by atoms with van der Waals surface area (Å²) in [5.74, 6) is 0.0134. The maximum absolute atomic E-state index is 12.3. The number of alkyl halides is 2. The topological polar surface area (TPSA) is 61.8 Å². The summed E-state index contributed by atoms with van der Waals surface area (Å²) in [5.41, 5.74) is 1.37. The fraction of sp³-hybridized carbons (Fsp3) is 0.235. The molecule has 2 amide bonds. The van der Waals surface area contributed by atoms with E-state index in [9.17, 15) is 13.6 Å². The maximum Gasteiger partial charge on any atom is 0.387 e. The van der Waals surface area contributed by atoms with E-state index in [4.69, 9.17) is 5.11 Å². The van der Waals surface area contributed by atoms with Gasteiger partial charge in [0.05, 0.1) is 6.61 Å². The molecular weight excluding hydrogens is 318 g/mol. The molecule has 2 aromatic rings. The van der Waals surface area contributed by atoms with Crippen molar-refractivity contribution in [2.24, 2.45) is 0 Å². The molecule has 2 rings (SSSR count). The number of nitrogens with one attached hydrogen (secondary N) is 1. The lowest BCUT2D eigenvalue weighted by atomic mass is 10.2. The van der Waals surface area contributed by atoms with Crippen LogP contribution in [0.15, 0.2) is 54.6 Å². The third-order valence-corrected chi connectivity index (χ3v) is 3.20. The Kier molecular flexibility index (Phi) is 6.51. The largest absolute Gasteiger partial charge is 0.435 e. The predicted octanol–water partition coefficient (Wildman–Crippen LogP) is 3.31. The Hall–Kier alpha value is -2.67. The molecular formula is C17H18F2N2O3. The first-order valence-corrected chi connectivity index (χ1v) is 7.34. The van der Waals surface area contributed by atoms with Gasteiger partial charge < -0.3 is 20.1 Å². The van der Waals surface area contributed by atoms with Crippen molar-refractivity contribution in [3.63, 3.8) is 0 Å². The van der Waals surface area contributed by atoms with Crippen molar-refractivity contribution >= 4 is 11.7 Å². The summed E-state index contributed by atoms with van der Waals surface area (Å²) in [4.78, 5) is 13.8. The van der Waals surface area contributed by atoms with Crippen molar-refractivity contribution in [2.75, 3.05) is 18.5 Å². The zero-order valence-corrected chi connectivity index (χ0v) is 12.9. The van der Waals surface area contributed by atoms with E-state index in [0.717, 1.165) is 5.56 Å². The normalized spacial score (nSPS) is 10.5. The van der Waals surface area contributed by atoms with Gasteiger partial charge in [0, 0.05) is 18.8 Å². The first kappa shape index (κ1) is 17.7. The van der Waals surface area contributed by atoms with Crippen LogP contribution in [0.5, 0.6) is 5.75 Å². The van der Waals surface area contributed by atoms with E-state index >= 15 is 0 Å². The van der Waals surface area contributed by atoms with Crippen molar-refractivity contribution in [1.82, 2.24) is 4.90 Å². The number of hydrogen-bond donors (Lipinski definition) is 2. The summed E-state index contributed by atoms with van der Waals surface area (Å²) in [7, 11) is 0. The predicted molar refractivity (Wildman–Crippen MR) is 86.0 cm³/mol. The number of benzene rings is 2. The first-order valence-electron chi connectivity index (χ1n) is 7.34. The van der Waals surface area contributed by atoms with E-state index in [1.165, 1.54) is 29.2 Å². The SMILES string of the molecule is O=C(Nc1ccc(OC(F)F)cc1)N(CCO)Cc1ccccc1. The van der Waals surface area contributed by atoms with Crippen molar-refractivity contribution in [1.29, 1.82) is 0 Å². The second-order valence-electron chi connectivity index (χ2n) is 4.96. The number of ether oxygens (including phenoxy) is 1. The molecule has 0 bridgehead atoms. The monoisotopic (exact) mass is 336 g/mol. The Balaban J connectivity index is 1.99. The molecule has 0 spiro atoms. The molecule has 2 aromatic carbocycles. The van der Waals surface area contributed by atoms with Gasteiger partial charge in [-0.2, -0.15) is 8.78 Å². The molecule has 7 heteroatoms. The van der Waals surface area contributed by atoms with Crippen LogP contribution in [0.1, 0.15) is 5.56 Å². The Morgan fingerprint density at radius 2 is 1.79 bits per heavy atom. The zero-order chi connectivity index (χ0) is 17.4. The molecule has 0 atom stereocenters. The second-order valence-corrected chi connectivity index (χ2v) is 4.96. The number of nitrogens with zero attached hydrogens (tertiary/aromatic N) is 1. The highest BCUT2D eigenvalue weighted by Crippen LogP contribution is 2.18. The van der Waals surface area contributed by atoms with Gasteiger partial charge in [0.15, 0.2) is 0 Å². The van der Waals surface area contributed by atoms with Crippen molar-refractivity contribution in [3.05, 3.63) is 60.2 Å². The van der Waals surface area contributed by atoms with Crippen LogP contribution >= 0.6 is 0 Å². The van der Waals surface area contributed by atoms with Gasteiger partial charge in [0.2, 0.25) is 0 Å². The third-order valence-electron chi connectivity index (χ3n) is 3.20. The average molecular weight is 336 g/mol. The number of hydrogen-bond acceptors (Lipinski definition) is 3. The van der Waals surface area contributed by atoms with Gasteiger partial charge in [-0.05, 0) is 29.8 Å². The van der Waals surface area contributed by atoms with E-state index in [1.807, 2.05) is 30.3 Å². The lowest BCUT2D eigenvalue weighted by Crippen LogP contribution is -2.36. The fourth-order valence-electron chi connectivity index (χ4n) is 2.10. The van der Waals surface area contributed by atoms with Gasteiger partial charge in [-0.25, -0.2) is 4.79 Å². The van der Waals surface area contributed by atoms with Crippen molar-refractivity contribution in [3.8, 4) is 5.75 Å². The Bertz CT molecular complexity index is 636. The van der Waals surface area contributed by atoms with E-state index in [-0.39, 0.29) is 18.9 Å². The van der Waals surface area contributed by atoms with E-state index in [2.05, 4.69) is 10.1 Å². The molecule has 24 heavy (non-hydrogen) atoms. The summed E-state index contributed by atoms with van der Waals surface area (Å²) < 4.78 is 28.5. The minimum atomic E-state index is -2.89. The highest BCUT2D eigenvalue weighted by molar-refractivity contribution is 5.89. The van der Waals surface area contributed by atoms with Crippen molar-refractivity contribution < 1.29 is 23.4 Å². The summed E-state index contributed by atoms with van der Waals surface area (Å²) >= 11 is 0. The number of amides is 2. The molecule has 0 fully saturated rings. The molecule has 0 heterocycles. The van der Waals surface area contributed by atoms with Crippen molar-refractivity contribution in [2.45, 2.75) is 13.2 Å². The molecule has 0 aromatic heterocycles. The molecule has 0 aliphatic rings. The quantitative estimate of drug-likeness (QED) is 0.815. The second kappa shape index (κ2) is 8.83. The van der Waals surface area contributed by atoms with Crippen LogP contribution in [0.4, 0.5) is 19.3 Å². The lowest BCUT2D eigenvalue weighted by molar-refractivity contribution is -0.0498.